The van der Waals surface area contributed by atoms with E-state index < -0.39 is 6.09 Å². The minimum atomic E-state index is -0.845. The highest BCUT2D eigenvalue weighted by Gasteiger charge is 2.40. The predicted octanol–water partition coefficient (Wildman–Crippen LogP) is 2.77. The number of nitrogens with zero attached hydrogens (tertiary/aromatic N) is 3. The minimum Gasteiger partial charge on any atom is -0.473 e. The number of carboxylic acid groups (broad SMARTS) is 1. The van der Waals surface area contributed by atoms with Crippen LogP contribution in [0.5, 0.6) is 5.88 Å². The average Bonchev–Trinajstić information content (AvgIpc) is 2.99. The van der Waals surface area contributed by atoms with E-state index >= 15 is 0 Å². The summed E-state index contributed by atoms with van der Waals surface area (Å²) in [5, 5.41) is 9.29. The minimum absolute atomic E-state index is 0.105. The lowest BCUT2D eigenvalue weighted by atomic mass is 10.1. The van der Waals surface area contributed by atoms with Crippen LogP contribution in [0.2, 0.25) is 0 Å². The summed E-state index contributed by atoms with van der Waals surface area (Å²) in [6.45, 7) is 3.56. The monoisotopic (exact) mass is 339 g/mol. The molecule has 3 heterocycles. The molecule has 0 spiro atoms. The molecule has 4 rings (SSSR count). The van der Waals surface area contributed by atoms with Crippen LogP contribution in [0, 0.1) is 0 Å². The molecule has 25 heavy (non-hydrogen) atoms. The lowest BCUT2D eigenvalue weighted by molar-refractivity contribution is 0.128. The third kappa shape index (κ3) is 2.99. The third-order valence-electron chi connectivity index (χ3n) is 4.91. The zero-order valence-electron chi connectivity index (χ0n) is 14.1. The topological polar surface area (TPSA) is 65.9 Å². The van der Waals surface area contributed by atoms with Crippen LogP contribution in [0.1, 0.15) is 18.1 Å². The summed E-state index contributed by atoms with van der Waals surface area (Å²) in [6.07, 6.45) is -0.0163. The van der Waals surface area contributed by atoms with Crippen molar-refractivity contribution in [1.29, 1.82) is 0 Å². The number of amides is 1. The molecule has 1 saturated heterocycles. The first-order valence-corrected chi connectivity index (χ1v) is 8.54. The van der Waals surface area contributed by atoms with Crippen LogP contribution < -0.4 is 9.64 Å². The number of hydrogen-bond donors (Lipinski definition) is 1. The first-order valence-electron chi connectivity index (χ1n) is 8.54. The lowest BCUT2D eigenvalue weighted by Gasteiger charge is -2.42. The highest BCUT2D eigenvalue weighted by molar-refractivity contribution is 5.67. The summed E-state index contributed by atoms with van der Waals surface area (Å²) in [4.78, 5) is 19.8. The van der Waals surface area contributed by atoms with E-state index in [2.05, 4.69) is 17.9 Å². The molecule has 1 aromatic carbocycles. The number of pyridine rings is 1. The van der Waals surface area contributed by atoms with Crippen molar-refractivity contribution in [1.82, 2.24) is 9.88 Å². The highest BCUT2D eigenvalue weighted by atomic mass is 16.5. The molecule has 1 aromatic heterocycles. The van der Waals surface area contributed by atoms with Crippen LogP contribution in [0.15, 0.2) is 42.5 Å². The second kappa shape index (κ2) is 6.27. The molecule has 0 saturated carbocycles. The van der Waals surface area contributed by atoms with Crippen molar-refractivity contribution >= 4 is 11.9 Å². The van der Waals surface area contributed by atoms with Crippen molar-refractivity contribution in [3.05, 3.63) is 53.6 Å². The van der Waals surface area contributed by atoms with Gasteiger partial charge in [0.15, 0.2) is 0 Å². The molecule has 6 nitrogen and oxygen atoms in total. The van der Waals surface area contributed by atoms with Gasteiger partial charge in [0.2, 0.25) is 5.88 Å². The number of anilines is 1. The van der Waals surface area contributed by atoms with E-state index in [0.29, 0.717) is 25.6 Å². The molecule has 2 aliphatic rings. The Morgan fingerprint density at radius 3 is 2.80 bits per heavy atom. The summed E-state index contributed by atoms with van der Waals surface area (Å²) in [6, 6.07) is 14.2. The summed E-state index contributed by atoms with van der Waals surface area (Å²) < 4.78 is 5.85. The van der Waals surface area contributed by atoms with Gasteiger partial charge in [-0.2, -0.15) is 4.98 Å². The van der Waals surface area contributed by atoms with Gasteiger partial charge in [0, 0.05) is 25.2 Å². The van der Waals surface area contributed by atoms with Gasteiger partial charge in [-0.15, -0.1) is 0 Å². The Labute approximate surface area is 146 Å². The molecular weight excluding hydrogens is 318 g/mol. The summed E-state index contributed by atoms with van der Waals surface area (Å²) in [7, 11) is 0. The summed E-state index contributed by atoms with van der Waals surface area (Å²) in [5.74, 6) is 1.55. The van der Waals surface area contributed by atoms with E-state index in [0.717, 1.165) is 23.4 Å². The quantitative estimate of drug-likeness (QED) is 0.931. The van der Waals surface area contributed by atoms with Crippen molar-refractivity contribution in [3.8, 4) is 5.88 Å². The van der Waals surface area contributed by atoms with Crippen LogP contribution >= 0.6 is 0 Å². The molecule has 0 aliphatic carbocycles. The molecule has 6 heteroatoms. The molecule has 0 bridgehead atoms. The Bertz CT molecular complexity index is 781. The second-order valence-electron chi connectivity index (χ2n) is 6.71. The highest BCUT2D eigenvalue weighted by Crippen LogP contribution is 2.36. The molecule has 1 fully saturated rings. The maximum absolute atomic E-state index is 11.3. The molecule has 0 unspecified atom stereocenters. The Balaban J connectivity index is 1.52. The van der Waals surface area contributed by atoms with E-state index in [9.17, 15) is 9.90 Å². The molecule has 2 aliphatic heterocycles. The van der Waals surface area contributed by atoms with Gasteiger partial charge in [0.05, 0.1) is 6.04 Å². The number of fused-ring (bicyclic) bond motifs is 3. The zero-order chi connectivity index (χ0) is 17.4. The molecule has 2 aromatic rings. The fraction of sp³-hybridized carbons (Fsp3) is 0.368. The SMILES string of the molecule is C[C@@H]1CN(C(=O)O)C[C@H]2Cc3ccc(OCc4ccccc4)nc3N21. The Morgan fingerprint density at radius 2 is 2.04 bits per heavy atom. The summed E-state index contributed by atoms with van der Waals surface area (Å²) >= 11 is 0. The fourth-order valence-electron chi connectivity index (χ4n) is 3.79. The number of carbonyl (C=O) groups is 1. The number of piperazine rings is 1. The third-order valence-corrected chi connectivity index (χ3v) is 4.91. The van der Waals surface area contributed by atoms with E-state index in [1.807, 2.05) is 36.4 Å². The number of ether oxygens (including phenoxy) is 1. The van der Waals surface area contributed by atoms with Crippen molar-refractivity contribution in [3.63, 3.8) is 0 Å². The van der Waals surface area contributed by atoms with E-state index in [4.69, 9.17) is 9.72 Å². The predicted molar refractivity (Wildman–Crippen MR) is 94.0 cm³/mol. The van der Waals surface area contributed by atoms with E-state index in [-0.39, 0.29) is 12.1 Å². The van der Waals surface area contributed by atoms with Crippen LogP contribution in [-0.2, 0) is 13.0 Å². The largest absolute Gasteiger partial charge is 0.473 e. The maximum atomic E-state index is 11.3. The molecule has 130 valence electrons. The number of benzene rings is 1. The van der Waals surface area contributed by atoms with Crippen molar-refractivity contribution in [2.45, 2.75) is 32.0 Å². The van der Waals surface area contributed by atoms with Crippen LogP contribution in [0.4, 0.5) is 10.6 Å². The van der Waals surface area contributed by atoms with Crippen LogP contribution in [0.3, 0.4) is 0 Å². The van der Waals surface area contributed by atoms with Gasteiger partial charge >= 0.3 is 6.09 Å². The number of aromatic nitrogens is 1. The standard InChI is InChI=1S/C19H21N3O3/c1-13-10-21(19(23)24)11-16-9-15-7-8-17(20-18(15)22(13)16)25-12-14-5-3-2-4-6-14/h2-8,13,16H,9-12H2,1H3,(H,23,24)/t13-,16-/m1/s1. The van der Waals surface area contributed by atoms with Gasteiger partial charge in [0.25, 0.3) is 0 Å². The van der Waals surface area contributed by atoms with Crippen LogP contribution in [0.25, 0.3) is 0 Å². The maximum Gasteiger partial charge on any atom is 0.407 e. The smallest absolute Gasteiger partial charge is 0.407 e. The lowest BCUT2D eigenvalue weighted by Crippen LogP contribution is -2.57. The van der Waals surface area contributed by atoms with Gasteiger partial charge in [-0.05, 0) is 30.5 Å². The first kappa shape index (κ1) is 15.7. The second-order valence-corrected chi connectivity index (χ2v) is 6.71. The fourth-order valence-corrected chi connectivity index (χ4v) is 3.79. The zero-order valence-corrected chi connectivity index (χ0v) is 14.1. The van der Waals surface area contributed by atoms with Gasteiger partial charge in [0.1, 0.15) is 12.4 Å². The molecule has 1 amide bonds. The summed E-state index contributed by atoms with van der Waals surface area (Å²) in [5.41, 5.74) is 2.27. The normalized spacial score (nSPS) is 21.6. The number of rotatable bonds is 3. The van der Waals surface area contributed by atoms with Gasteiger partial charge in [-0.25, -0.2) is 4.79 Å². The van der Waals surface area contributed by atoms with Crippen molar-refractivity contribution < 1.29 is 14.6 Å². The Hall–Kier alpha value is -2.76. The number of hydrogen-bond acceptors (Lipinski definition) is 4. The van der Waals surface area contributed by atoms with Gasteiger partial charge in [-0.3, -0.25) is 0 Å². The first-order chi connectivity index (χ1) is 12.1. The molecule has 0 radical (unpaired) electrons. The van der Waals surface area contributed by atoms with Gasteiger partial charge in [-0.1, -0.05) is 30.3 Å². The van der Waals surface area contributed by atoms with Crippen molar-refractivity contribution in [2.75, 3.05) is 18.0 Å². The Kier molecular flexibility index (Phi) is 3.95. The van der Waals surface area contributed by atoms with Gasteiger partial charge < -0.3 is 19.6 Å². The van der Waals surface area contributed by atoms with Crippen molar-refractivity contribution in [2.24, 2.45) is 0 Å². The van der Waals surface area contributed by atoms with E-state index in [1.165, 1.54) is 4.90 Å². The molecular formula is C19H21N3O3. The molecule has 1 N–H and O–H groups in total. The Morgan fingerprint density at radius 1 is 1.24 bits per heavy atom. The van der Waals surface area contributed by atoms with E-state index in [1.54, 1.807) is 0 Å². The van der Waals surface area contributed by atoms with Crippen LogP contribution in [-0.4, -0.2) is 46.3 Å². The average molecular weight is 339 g/mol. The molecule has 2 atom stereocenters.